The SMILES string of the molecule is N#CC1CN(C(=O)C2CSc3ccccc32)CCO1. The number of carbonyl (C=O) groups excluding carboxylic acids is 1. The molecular formula is C14H14N2O2S. The van der Waals surface area contributed by atoms with E-state index in [1.165, 1.54) is 4.90 Å². The average Bonchev–Trinajstić information content (AvgIpc) is 2.90. The maximum atomic E-state index is 12.6. The fourth-order valence-electron chi connectivity index (χ4n) is 2.52. The number of benzene rings is 1. The lowest BCUT2D eigenvalue weighted by Gasteiger charge is -2.31. The van der Waals surface area contributed by atoms with Crippen molar-refractivity contribution in [3.8, 4) is 6.07 Å². The van der Waals surface area contributed by atoms with E-state index in [9.17, 15) is 4.79 Å². The molecule has 1 saturated heterocycles. The molecule has 2 aliphatic rings. The minimum Gasteiger partial charge on any atom is -0.360 e. The molecular weight excluding hydrogens is 260 g/mol. The first-order valence-corrected chi connectivity index (χ1v) is 7.30. The highest BCUT2D eigenvalue weighted by molar-refractivity contribution is 7.99. The minimum absolute atomic E-state index is 0.0707. The van der Waals surface area contributed by atoms with Crippen LogP contribution in [0.25, 0.3) is 0 Å². The van der Waals surface area contributed by atoms with E-state index in [-0.39, 0.29) is 11.8 Å². The van der Waals surface area contributed by atoms with Gasteiger partial charge in [-0.25, -0.2) is 0 Å². The highest BCUT2D eigenvalue weighted by atomic mass is 32.2. The number of morpholine rings is 1. The zero-order chi connectivity index (χ0) is 13.2. The average molecular weight is 274 g/mol. The van der Waals surface area contributed by atoms with Crippen LogP contribution in [0, 0.1) is 11.3 Å². The third kappa shape index (κ3) is 2.34. The Morgan fingerprint density at radius 3 is 3.16 bits per heavy atom. The summed E-state index contributed by atoms with van der Waals surface area (Å²) >= 11 is 1.73. The summed E-state index contributed by atoms with van der Waals surface area (Å²) in [6.45, 7) is 1.42. The number of thioether (sulfide) groups is 1. The van der Waals surface area contributed by atoms with Crippen LogP contribution < -0.4 is 0 Å². The molecule has 2 unspecified atom stereocenters. The Balaban J connectivity index is 1.77. The maximum absolute atomic E-state index is 12.6. The summed E-state index contributed by atoms with van der Waals surface area (Å²) in [5.74, 6) is 0.854. The van der Waals surface area contributed by atoms with Gasteiger partial charge in [-0.15, -0.1) is 11.8 Å². The predicted octanol–water partition coefficient (Wildman–Crippen LogP) is 1.63. The molecule has 4 nitrogen and oxygen atoms in total. The summed E-state index contributed by atoms with van der Waals surface area (Å²) in [7, 11) is 0. The van der Waals surface area contributed by atoms with Gasteiger partial charge in [0.2, 0.25) is 5.91 Å². The number of hydrogen-bond acceptors (Lipinski definition) is 4. The molecule has 0 aromatic heterocycles. The standard InChI is InChI=1S/C14H14N2O2S/c15-7-10-8-16(5-6-18-10)14(17)12-9-19-13-4-2-1-3-11(12)13/h1-4,10,12H,5-6,8-9H2. The van der Waals surface area contributed by atoms with Gasteiger partial charge >= 0.3 is 0 Å². The number of nitrogens with zero attached hydrogens (tertiary/aromatic N) is 2. The first-order chi connectivity index (χ1) is 9.29. The van der Waals surface area contributed by atoms with Crippen LogP contribution >= 0.6 is 11.8 Å². The van der Waals surface area contributed by atoms with E-state index in [4.69, 9.17) is 10.00 Å². The molecule has 0 bridgehead atoms. The smallest absolute Gasteiger partial charge is 0.231 e. The van der Waals surface area contributed by atoms with Crippen LogP contribution in [-0.2, 0) is 9.53 Å². The van der Waals surface area contributed by atoms with E-state index in [1.54, 1.807) is 16.7 Å². The monoisotopic (exact) mass is 274 g/mol. The van der Waals surface area contributed by atoms with Crippen LogP contribution in [0.15, 0.2) is 29.2 Å². The van der Waals surface area contributed by atoms with Gasteiger partial charge in [-0.2, -0.15) is 5.26 Å². The van der Waals surface area contributed by atoms with Crippen molar-refractivity contribution in [1.29, 1.82) is 5.26 Å². The zero-order valence-electron chi connectivity index (χ0n) is 10.4. The third-order valence-corrected chi connectivity index (χ3v) is 4.70. The van der Waals surface area contributed by atoms with Crippen molar-refractivity contribution in [2.24, 2.45) is 0 Å². The van der Waals surface area contributed by atoms with E-state index >= 15 is 0 Å². The Morgan fingerprint density at radius 2 is 2.32 bits per heavy atom. The Labute approximate surface area is 116 Å². The molecule has 2 aliphatic heterocycles. The Morgan fingerprint density at radius 1 is 1.47 bits per heavy atom. The number of hydrogen-bond donors (Lipinski definition) is 0. The first kappa shape index (κ1) is 12.5. The van der Waals surface area contributed by atoms with Gasteiger partial charge in [0.15, 0.2) is 6.10 Å². The van der Waals surface area contributed by atoms with Crippen LogP contribution in [0.3, 0.4) is 0 Å². The number of amides is 1. The van der Waals surface area contributed by atoms with Crippen molar-refractivity contribution in [1.82, 2.24) is 4.90 Å². The lowest BCUT2D eigenvalue weighted by Crippen LogP contribution is -2.47. The molecule has 1 fully saturated rings. The largest absolute Gasteiger partial charge is 0.360 e. The summed E-state index contributed by atoms with van der Waals surface area (Å²) in [5, 5.41) is 8.90. The van der Waals surface area contributed by atoms with E-state index in [0.29, 0.717) is 19.7 Å². The highest BCUT2D eigenvalue weighted by Gasteiger charge is 2.34. The molecule has 0 aliphatic carbocycles. The van der Waals surface area contributed by atoms with Crippen molar-refractivity contribution in [2.75, 3.05) is 25.4 Å². The molecule has 98 valence electrons. The van der Waals surface area contributed by atoms with Gasteiger partial charge in [-0.3, -0.25) is 4.79 Å². The Bertz CT molecular complexity index is 540. The molecule has 1 amide bonds. The van der Waals surface area contributed by atoms with E-state index < -0.39 is 6.10 Å². The number of fused-ring (bicyclic) bond motifs is 1. The zero-order valence-corrected chi connectivity index (χ0v) is 11.2. The van der Waals surface area contributed by atoms with Crippen molar-refractivity contribution in [3.05, 3.63) is 29.8 Å². The second-order valence-corrected chi connectivity index (χ2v) is 5.74. The predicted molar refractivity (Wildman–Crippen MR) is 71.8 cm³/mol. The molecule has 0 radical (unpaired) electrons. The molecule has 5 heteroatoms. The summed E-state index contributed by atoms with van der Waals surface area (Å²) < 4.78 is 5.28. The molecule has 0 N–H and O–H groups in total. The van der Waals surface area contributed by atoms with Crippen molar-refractivity contribution < 1.29 is 9.53 Å². The van der Waals surface area contributed by atoms with Gasteiger partial charge in [0.25, 0.3) is 0 Å². The van der Waals surface area contributed by atoms with Crippen LogP contribution in [0.2, 0.25) is 0 Å². The Kier molecular flexibility index (Phi) is 3.45. The Hall–Kier alpha value is -1.51. The molecule has 0 saturated carbocycles. The molecule has 3 rings (SSSR count). The van der Waals surface area contributed by atoms with E-state index in [2.05, 4.69) is 12.1 Å². The van der Waals surface area contributed by atoms with Crippen LogP contribution in [-0.4, -0.2) is 42.4 Å². The van der Waals surface area contributed by atoms with E-state index in [0.717, 1.165) is 11.3 Å². The molecule has 1 aromatic rings. The highest BCUT2D eigenvalue weighted by Crippen LogP contribution is 2.40. The van der Waals surface area contributed by atoms with Gasteiger partial charge in [-0.05, 0) is 11.6 Å². The molecule has 2 atom stereocenters. The van der Waals surface area contributed by atoms with Crippen molar-refractivity contribution in [2.45, 2.75) is 16.9 Å². The maximum Gasteiger partial charge on any atom is 0.231 e. The number of nitriles is 1. The summed E-state index contributed by atoms with van der Waals surface area (Å²) in [4.78, 5) is 15.5. The lowest BCUT2D eigenvalue weighted by molar-refractivity contribution is -0.138. The van der Waals surface area contributed by atoms with Gasteiger partial charge in [0, 0.05) is 17.2 Å². The van der Waals surface area contributed by atoms with E-state index in [1.807, 2.05) is 18.2 Å². The van der Waals surface area contributed by atoms with Crippen LogP contribution in [0.5, 0.6) is 0 Å². The molecule has 19 heavy (non-hydrogen) atoms. The summed E-state index contributed by atoms with van der Waals surface area (Å²) in [5.41, 5.74) is 1.12. The summed E-state index contributed by atoms with van der Waals surface area (Å²) in [6.07, 6.45) is -0.484. The number of carbonyl (C=O) groups is 1. The number of rotatable bonds is 1. The fourth-order valence-corrected chi connectivity index (χ4v) is 3.74. The van der Waals surface area contributed by atoms with Crippen LogP contribution in [0.1, 0.15) is 11.5 Å². The first-order valence-electron chi connectivity index (χ1n) is 6.31. The fraction of sp³-hybridized carbons (Fsp3) is 0.429. The van der Waals surface area contributed by atoms with Crippen molar-refractivity contribution in [3.63, 3.8) is 0 Å². The second-order valence-electron chi connectivity index (χ2n) is 4.67. The molecule has 1 aromatic carbocycles. The van der Waals surface area contributed by atoms with Gasteiger partial charge in [0.1, 0.15) is 0 Å². The normalized spacial score (nSPS) is 25.7. The van der Waals surface area contributed by atoms with Crippen molar-refractivity contribution >= 4 is 17.7 Å². The topological polar surface area (TPSA) is 53.3 Å². The van der Waals surface area contributed by atoms with Gasteiger partial charge < -0.3 is 9.64 Å². The van der Waals surface area contributed by atoms with Gasteiger partial charge in [-0.1, -0.05) is 18.2 Å². The minimum atomic E-state index is -0.484. The lowest BCUT2D eigenvalue weighted by atomic mass is 9.99. The third-order valence-electron chi connectivity index (χ3n) is 3.52. The summed E-state index contributed by atoms with van der Waals surface area (Å²) in [6, 6.07) is 10.1. The molecule has 2 heterocycles. The second kappa shape index (κ2) is 5.24. The molecule has 0 spiro atoms. The quantitative estimate of drug-likeness (QED) is 0.781. The number of ether oxygens (including phenoxy) is 1. The van der Waals surface area contributed by atoms with Gasteiger partial charge in [0.05, 0.1) is 25.1 Å². The van der Waals surface area contributed by atoms with Crippen LogP contribution in [0.4, 0.5) is 0 Å².